The fraction of sp³-hybridized carbons (Fsp3) is 0.235. The van der Waals surface area contributed by atoms with Crippen molar-refractivity contribution in [3.8, 4) is 34.0 Å². The van der Waals surface area contributed by atoms with Crippen LogP contribution in [0.5, 0.6) is 11.6 Å². The normalized spacial score (nSPS) is 13.5. The SMILES string of the molecule is COc1cc(-c2ccc(-c3cnc(NC4CC4)nn3)c(O)c2)cnn1. The maximum Gasteiger partial charge on any atom is 0.242 e. The van der Waals surface area contributed by atoms with Gasteiger partial charge in [0.25, 0.3) is 0 Å². The lowest BCUT2D eigenvalue weighted by molar-refractivity contribution is 0.392. The van der Waals surface area contributed by atoms with Crippen LogP contribution in [0.2, 0.25) is 0 Å². The Morgan fingerprint density at radius 1 is 1.08 bits per heavy atom. The molecule has 0 aliphatic heterocycles. The molecule has 2 heterocycles. The van der Waals surface area contributed by atoms with Gasteiger partial charge in [-0.2, -0.15) is 5.10 Å². The highest BCUT2D eigenvalue weighted by Crippen LogP contribution is 2.32. The van der Waals surface area contributed by atoms with Crippen LogP contribution in [0.1, 0.15) is 12.8 Å². The summed E-state index contributed by atoms with van der Waals surface area (Å²) in [7, 11) is 1.53. The Labute approximate surface area is 143 Å². The van der Waals surface area contributed by atoms with Gasteiger partial charge in [-0.25, -0.2) is 4.98 Å². The quantitative estimate of drug-likeness (QED) is 0.731. The van der Waals surface area contributed by atoms with Crippen LogP contribution >= 0.6 is 0 Å². The molecular weight excluding hydrogens is 320 g/mol. The van der Waals surface area contributed by atoms with Crippen molar-refractivity contribution in [2.24, 2.45) is 0 Å². The molecule has 1 aliphatic rings. The van der Waals surface area contributed by atoms with E-state index < -0.39 is 0 Å². The lowest BCUT2D eigenvalue weighted by Crippen LogP contribution is -2.06. The van der Waals surface area contributed by atoms with Crippen LogP contribution in [0.4, 0.5) is 5.95 Å². The highest BCUT2D eigenvalue weighted by Gasteiger charge is 2.22. The first kappa shape index (κ1) is 15.3. The summed E-state index contributed by atoms with van der Waals surface area (Å²) in [6, 6.07) is 7.50. The van der Waals surface area contributed by atoms with E-state index in [2.05, 4.69) is 30.7 Å². The van der Waals surface area contributed by atoms with E-state index in [1.807, 2.05) is 6.07 Å². The van der Waals surface area contributed by atoms with Crippen LogP contribution < -0.4 is 10.1 Å². The molecule has 8 heteroatoms. The van der Waals surface area contributed by atoms with E-state index in [0.29, 0.717) is 29.1 Å². The zero-order chi connectivity index (χ0) is 17.2. The molecule has 0 saturated heterocycles. The fourth-order valence-electron chi connectivity index (χ4n) is 2.41. The van der Waals surface area contributed by atoms with Crippen molar-refractivity contribution in [3.63, 3.8) is 0 Å². The first-order valence-corrected chi connectivity index (χ1v) is 7.89. The zero-order valence-electron chi connectivity index (χ0n) is 13.5. The predicted octanol–water partition coefficient (Wildman–Crippen LogP) is 2.28. The van der Waals surface area contributed by atoms with Crippen LogP contribution in [0.15, 0.2) is 36.7 Å². The highest BCUT2D eigenvalue weighted by molar-refractivity contribution is 5.73. The van der Waals surface area contributed by atoms with E-state index in [-0.39, 0.29) is 5.75 Å². The number of hydrogen-bond acceptors (Lipinski definition) is 8. The number of nitrogens with zero attached hydrogens (tertiary/aromatic N) is 5. The van der Waals surface area contributed by atoms with Crippen molar-refractivity contribution >= 4 is 5.95 Å². The van der Waals surface area contributed by atoms with E-state index in [4.69, 9.17) is 4.74 Å². The summed E-state index contributed by atoms with van der Waals surface area (Å²) in [6.45, 7) is 0. The molecule has 0 amide bonds. The van der Waals surface area contributed by atoms with Gasteiger partial charge < -0.3 is 15.2 Å². The number of nitrogens with one attached hydrogen (secondary N) is 1. The third-order valence-corrected chi connectivity index (χ3v) is 3.92. The van der Waals surface area contributed by atoms with Crippen LogP contribution in [0.3, 0.4) is 0 Å². The van der Waals surface area contributed by atoms with Gasteiger partial charge in [0.15, 0.2) is 0 Å². The number of benzene rings is 1. The van der Waals surface area contributed by atoms with Crippen LogP contribution in [0.25, 0.3) is 22.4 Å². The summed E-state index contributed by atoms with van der Waals surface area (Å²) < 4.78 is 5.07. The van der Waals surface area contributed by atoms with Gasteiger partial charge in [-0.05, 0) is 30.5 Å². The second-order valence-corrected chi connectivity index (χ2v) is 5.80. The van der Waals surface area contributed by atoms with E-state index in [1.165, 1.54) is 7.11 Å². The molecule has 0 unspecified atom stereocenters. The minimum absolute atomic E-state index is 0.0901. The summed E-state index contributed by atoms with van der Waals surface area (Å²) in [5.41, 5.74) is 2.66. The average Bonchev–Trinajstić information content (AvgIpc) is 3.46. The smallest absolute Gasteiger partial charge is 0.242 e. The number of aromatic hydroxyl groups is 1. The molecule has 1 aromatic carbocycles. The van der Waals surface area contributed by atoms with E-state index >= 15 is 0 Å². The van der Waals surface area contributed by atoms with Gasteiger partial charge in [0.1, 0.15) is 11.4 Å². The molecule has 1 saturated carbocycles. The van der Waals surface area contributed by atoms with Crippen molar-refractivity contribution in [2.75, 3.05) is 12.4 Å². The van der Waals surface area contributed by atoms with E-state index in [1.54, 1.807) is 30.6 Å². The average molecular weight is 336 g/mol. The molecule has 0 atom stereocenters. The largest absolute Gasteiger partial charge is 0.507 e. The Morgan fingerprint density at radius 3 is 2.64 bits per heavy atom. The zero-order valence-corrected chi connectivity index (χ0v) is 13.5. The molecule has 0 bridgehead atoms. The molecule has 0 radical (unpaired) electrons. The fourth-order valence-corrected chi connectivity index (χ4v) is 2.41. The van der Waals surface area contributed by atoms with Gasteiger partial charge in [-0.3, -0.25) is 0 Å². The summed E-state index contributed by atoms with van der Waals surface area (Å²) in [5.74, 6) is 1.01. The summed E-state index contributed by atoms with van der Waals surface area (Å²) in [5, 5.41) is 29.5. The molecular formula is C17H16N6O2. The van der Waals surface area contributed by atoms with Crippen LogP contribution in [0, 0.1) is 0 Å². The number of phenols is 1. The number of phenolic OH excluding ortho intramolecular Hbond substituents is 1. The maximum atomic E-state index is 10.4. The van der Waals surface area contributed by atoms with Gasteiger partial charge in [0.2, 0.25) is 11.8 Å². The summed E-state index contributed by atoms with van der Waals surface area (Å²) in [6.07, 6.45) is 5.49. The van der Waals surface area contributed by atoms with Crippen LogP contribution in [-0.4, -0.2) is 43.6 Å². The van der Waals surface area contributed by atoms with E-state index in [9.17, 15) is 5.11 Å². The lowest BCUT2D eigenvalue weighted by atomic mass is 10.0. The van der Waals surface area contributed by atoms with Crippen molar-refractivity contribution < 1.29 is 9.84 Å². The minimum Gasteiger partial charge on any atom is -0.507 e. The second kappa shape index (κ2) is 6.31. The number of ether oxygens (including phenoxy) is 1. The monoisotopic (exact) mass is 336 g/mol. The number of anilines is 1. The van der Waals surface area contributed by atoms with Crippen molar-refractivity contribution in [2.45, 2.75) is 18.9 Å². The third-order valence-electron chi connectivity index (χ3n) is 3.92. The van der Waals surface area contributed by atoms with Gasteiger partial charge in [0, 0.05) is 23.2 Å². The van der Waals surface area contributed by atoms with Gasteiger partial charge in [-0.15, -0.1) is 15.3 Å². The summed E-state index contributed by atoms with van der Waals surface area (Å²) >= 11 is 0. The third kappa shape index (κ3) is 3.32. The molecule has 1 aliphatic carbocycles. The molecule has 25 heavy (non-hydrogen) atoms. The molecule has 4 rings (SSSR count). The van der Waals surface area contributed by atoms with Gasteiger partial charge >= 0.3 is 0 Å². The molecule has 2 N–H and O–H groups in total. The van der Waals surface area contributed by atoms with Crippen molar-refractivity contribution in [1.29, 1.82) is 0 Å². The molecule has 2 aromatic heterocycles. The van der Waals surface area contributed by atoms with Crippen molar-refractivity contribution in [3.05, 3.63) is 36.7 Å². The van der Waals surface area contributed by atoms with Crippen LogP contribution in [-0.2, 0) is 0 Å². The standard InChI is InChI=1S/C17H16N6O2/c1-25-16-7-11(8-19-22-16)10-2-5-13(15(24)6-10)14-9-18-17(23-21-14)20-12-3-4-12/h2,5-9,12,24H,3-4H2,1H3,(H,18,20,23). The van der Waals surface area contributed by atoms with E-state index in [0.717, 1.165) is 24.0 Å². The highest BCUT2D eigenvalue weighted by atomic mass is 16.5. The number of aromatic nitrogens is 5. The predicted molar refractivity (Wildman–Crippen MR) is 91.2 cm³/mol. The van der Waals surface area contributed by atoms with Gasteiger partial charge in [-0.1, -0.05) is 6.07 Å². The molecule has 3 aromatic rings. The molecule has 8 nitrogen and oxygen atoms in total. The molecule has 1 fully saturated rings. The lowest BCUT2D eigenvalue weighted by Gasteiger charge is -2.08. The van der Waals surface area contributed by atoms with Gasteiger partial charge in [0.05, 0.1) is 19.5 Å². The maximum absolute atomic E-state index is 10.4. The van der Waals surface area contributed by atoms with Crippen molar-refractivity contribution in [1.82, 2.24) is 25.4 Å². The molecule has 126 valence electrons. The Morgan fingerprint density at radius 2 is 1.96 bits per heavy atom. The number of rotatable bonds is 5. The Kier molecular flexibility index (Phi) is 3.85. The first-order valence-electron chi connectivity index (χ1n) is 7.89. The Hall–Kier alpha value is -3.29. The topological polar surface area (TPSA) is 106 Å². The Bertz CT molecular complexity index is 896. The first-order chi connectivity index (χ1) is 12.2. The number of hydrogen-bond donors (Lipinski definition) is 2. The summed E-state index contributed by atoms with van der Waals surface area (Å²) in [4.78, 5) is 4.25. The number of methoxy groups -OCH3 is 1. The second-order valence-electron chi connectivity index (χ2n) is 5.80. The molecule has 0 spiro atoms. The Balaban J connectivity index is 1.60. The minimum atomic E-state index is 0.0901.